The van der Waals surface area contributed by atoms with Gasteiger partial charge in [-0.3, -0.25) is 4.90 Å². The van der Waals surface area contributed by atoms with Gasteiger partial charge in [-0.05, 0) is 32.6 Å². The molecule has 0 spiro atoms. The zero-order valence-corrected chi connectivity index (χ0v) is 12.2. The molecule has 2 rings (SSSR count). The molecule has 1 saturated carbocycles. The van der Waals surface area contributed by atoms with Crippen molar-refractivity contribution in [1.29, 1.82) is 0 Å². The summed E-state index contributed by atoms with van der Waals surface area (Å²) < 4.78 is 5.91. The van der Waals surface area contributed by atoms with Crippen molar-refractivity contribution in [2.75, 3.05) is 19.7 Å². The Morgan fingerprint density at radius 3 is 2.78 bits per heavy atom. The standard InChI is InChI=1S/C15H29NO2/c1-4-12-6-5-7-13(8-12)16-9-14(10-17)18-15(2,3)11-16/h12-14,17H,4-11H2,1-3H3. The van der Waals surface area contributed by atoms with Crippen LogP contribution in [0, 0.1) is 5.92 Å². The Labute approximate surface area is 112 Å². The van der Waals surface area contributed by atoms with Crippen molar-refractivity contribution >= 4 is 0 Å². The van der Waals surface area contributed by atoms with E-state index in [1.54, 1.807) is 0 Å². The zero-order chi connectivity index (χ0) is 13.2. The largest absolute Gasteiger partial charge is 0.394 e. The molecule has 3 heteroatoms. The van der Waals surface area contributed by atoms with Crippen molar-refractivity contribution in [2.24, 2.45) is 5.92 Å². The van der Waals surface area contributed by atoms with Crippen LogP contribution in [0.3, 0.4) is 0 Å². The second-order valence-electron chi connectivity index (χ2n) is 6.71. The fourth-order valence-electron chi connectivity index (χ4n) is 3.68. The Balaban J connectivity index is 1.98. The molecule has 0 bridgehead atoms. The molecule has 1 heterocycles. The molecule has 1 aliphatic carbocycles. The number of ether oxygens (including phenoxy) is 1. The smallest absolute Gasteiger partial charge is 0.0940 e. The summed E-state index contributed by atoms with van der Waals surface area (Å²) in [5, 5.41) is 9.39. The van der Waals surface area contributed by atoms with Gasteiger partial charge in [-0.2, -0.15) is 0 Å². The molecule has 2 fully saturated rings. The number of aliphatic hydroxyl groups excluding tert-OH is 1. The molecule has 1 saturated heterocycles. The Kier molecular flexibility index (Phi) is 4.68. The first-order valence-electron chi connectivity index (χ1n) is 7.57. The van der Waals surface area contributed by atoms with Crippen molar-refractivity contribution in [2.45, 2.75) is 70.6 Å². The third kappa shape index (κ3) is 3.46. The van der Waals surface area contributed by atoms with Crippen molar-refractivity contribution in [1.82, 2.24) is 4.90 Å². The summed E-state index contributed by atoms with van der Waals surface area (Å²) in [7, 11) is 0. The average Bonchev–Trinajstić information content (AvgIpc) is 2.37. The van der Waals surface area contributed by atoms with Crippen LogP contribution < -0.4 is 0 Å². The predicted octanol–water partition coefficient (Wildman–Crippen LogP) is 2.43. The SMILES string of the molecule is CCC1CCCC(N2CC(CO)OC(C)(C)C2)C1. The Morgan fingerprint density at radius 1 is 1.33 bits per heavy atom. The lowest BCUT2D eigenvalue weighted by Gasteiger charge is -2.47. The van der Waals surface area contributed by atoms with Crippen LogP contribution in [0.1, 0.15) is 52.9 Å². The molecule has 0 aromatic carbocycles. The maximum atomic E-state index is 9.39. The fraction of sp³-hybridized carbons (Fsp3) is 1.00. The van der Waals surface area contributed by atoms with Gasteiger partial charge in [-0.25, -0.2) is 0 Å². The van der Waals surface area contributed by atoms with E-state index in [2.05, 4.69) is 25.7 Å². The first-order chi connectivity index (χ1) is 8.54. The van der Waals surface area contributed by atoms with Crippen molar-refractivity contribution < 1.29 is 9.84 Å². The third-order valence-corrected chi connectivity index (χ3v) is 4.56. The molecule has 0 aromatic heterocycles. The van der Waals surface area contributed by atoms with Crippen LogP contribution in [0.25, 0.3) is 0 Å². The van der Waals surface area contributed by atoms with Gasteiger partial charge in [0.1, 0.15) is 0 Å². The molecular formula is C15H29NO2. The van der Waals surface area contributed by atoms with Gasteiger partial charge < -0.3 is 9.84 Å². The maximum Gasteiger partial charge on any atom is 0.0940 e. The van der Waals surface area contributed by atoms with Crippen LogP contribution in [0.15, 0.2) is 0 Å². The van der Waals surface area contributed by atoms with Gasteiger partial charge in [0, 0.05) is 19.1 Å². The lowest BCUT2D eigenvalue weighted by molar-refractivity contribution is -0.159. The van der Waals surface area contributed by atoms with Gasteiger partial charge in [-0.15, -0.1) is 0 Å². The highest BCUT2D eigenvalue weighted by Crippen LogP contribution is 2.32. The Hall–Kier alpha value is -0.120. The quantitative estimate of drug-likeness (QED) is 0.840. The van der Waals surface area contributed by atoms with Crippen LogP contribution in [-0.4, -0.2) is 47.4 Å². The average molecular weight is 255 g/mol. The molecule has 0 amide bonds. The molecule has 18 heavy (non-hydrogen) atoms. The van der Waals surface area contributed by atoms with E-state index in [0.717, 1.165) is 19.0 Å². The molecule has 3 nitrogen and oxygen atoms in total. The summed E-state index contributed by atoms with van der Waals surface area (Å²) in [5.74, 6) is 0.905. The predicted molar refractivity (Wildman–Crippen MR) is 73.6 cm³/mol. The van der Waals surface area contributed by atoms with Gasteiger partial charge in [-0.1, -0.05) is 26.2 Å². The molecule has 3 unspecified atom stereocenters. The highest BCUT2D eigenvalue weighted by atomic mass is 16.5. The van der Waals surface area contributed by atoms with Crippen molar-refractivity contribution in [3.8, 4) is 0 Å². The number of morpholine rings is 1. The van der Waals surface area contributed by atoms with Crippen LogP contribution in [0.2, 0.25) is 0 Å². The zero-order valence-electron chi connectivity index (χ0n) is 12.2. The molecule has 106 valence electrons. The topological polar surface area (TPSA) is 32.7 Å². The summed E-state index contributed by atoms with van der Waals surface area (Å²) in [6, 6.07) is 0.709. The summed E-state index contributed by atoms with van der Waals surface area (Å²) in [4.78, 5) is 2.58. The number of hydrogen-bond acceptors (Lipinski definition) is 3. The summed E-state index contributed by atoms with van der Waals surface area (Å²) in [6.45, 7) is 8.65. The van der Waals surface area contributed by atoms with Crippen molar-refractivity contribution in [3.63, 3.8) is 0 Å². The van der Waals surface area contributed by atoms with Crippen LogP contribution in [0.4, 0.5) is 0 Å². The minimum Gasteiger partial charge on any atom is -0.394 e. The first kappa shape index (κ1) is 14.3. The highest BCUT2D eigenvalue weighted by molar-refractivity contribution is 4.89. The number of nitrogens with zero attached hydrogens (tertiary/aromatic N) is 1. The Bertz CT molecular complexity index is 267. The van der Waals surface area contributed by atoms with E-state index in [1.165, 1.54) is 32.1 Å². The highest BCUT2D eigenvalue weighted by Gasteiger charge is 2.37. The number of aliphatic hydroxyl groups is 1. The van der Waals surface area contributed by atoms with E-state index in [1.807, 2.05) is 0 Å². The number of hydrogen-bond donors (Lipinski definition) is 1. The monoisotopic (exact) mass is 255 g/mol. The van der Waals surface area contributed by atoms with E-state index in [4.69, 9.17) is 4.74 Å². The fourth-order valence-corrected chi connectivity index (χ4v) is 3.68. The molecule has 0 radical (unpaired) electrons. The van der Waals surface area contributed by atoms with Crippen molar-refractivity contribution in [3.05, 3.63) is 0 Å². The molecule has 1 N–H and O–H groups in total. The third-order valence-electron chi connectivity index (χ3n) is 4.56. The number of rotatable bonds is 3. The second kappa shape index (κ2) is 5.89. The van der Waals surface area contributed by atoms with E-state index in [0.29, 0.717) is 6.04 Å². The minimum absolute atomic E-state index is 0.00393. The minimum atomic E-state index is -0.120. The lowest BCUT2D eigenvalue weighted by Crippen LogP contribution is -2.57. The molecule has 0 aromatic rings. The van der Waals surface area contributed by atoms with Gasteiger partial charge in [0.15, 0.2) is 0 Å². The molecular weight excluding hydrogens is 226 g/mol. The molecule has 2 aliphatic rings. The van der Waals surface area contributed by atoms with Crippen LogP contribution in [-0.2, 0) is 4.74 Å². The van der Waals surface area contributed by atoms with Gasteiger partial charge in [0.25, 0.3) is 0 Å². The summed E-state index contributed by atoms with van der Waals surface area (Å²) in [6.07, 6.45) is 6.74. The normalized spacial score (nSPS) is 37.7. The Morgan fingerprint density at radius 2 is 2.11 bits per heavy atom. The van der Waals surface area contributed by atoms with Gasteiger partial charge in [0.05, 0.1) is 18.3 Å². The van der Waals surface area contributed by atoms with Gasteiger partial charge >= 0.3 is 0 Å². The van der Waals surface area contributed by atoms with E-state index < -0.39 is 0 Å². The van der Waals surface area contributed by atoms with E-state index >= 15 is 0 Å². The second-order valence-corrected chi connectivity index (χ2v) is 6.71. The summed E-state index contributed by atoms with van der Waals surface area (Å²) in [5.41, 5.74) is -0.120. The summed E-state index contributed by atoms with van der Waals surface area (Å²) >= 11 is 0. The first-order valence-corrected chi connectivity index (χ1v) is 7.57. The maximum absolute atomic E-state index is 9.39. The van der Waals surface area contributed by atoms with Crippen LogP contribution >= 0.6 is 0 Å². The van der Waals surface area contributed by atoms with E-state index in [-0.39, 0.29) is 18.3 Å². The van der Waals surface area contributed by atoms with E-state index in [9.17, 15) is 5.11 Å². The lowest BCUT2D eigenvalue weighted by atomic mass is 9.83. The molecule has 3 atom stereocenters. The molecule has 1 aliphatic heterocycles. The van der Waals surface area contributed by atoms with Crippen LogP contribution in [0.5, 0.6) is 0 Å². The van der Waals surface area contributed by atoms with Gasteiger partial charge in [0.2, 0.25) is 0 Å².